The van der Waals surface area contributed by atoms with Gasteiger partial charge < -0.3 is 11.1 Å². The van der Waals surface area contributed by atoms with Crippen molar-refractivity contribution in [2.24, 2.45) is 5.92 Å². The average Bonchev–Trinajstić information content (AvgIpc) is 2.74. The van der Waals surface area contributed by atoms with Gasteiger partial charge >= 0.3 is 0 Å². The lowest BCUT2D eigenvalue weighted by molar-refractivity contribution is 0.580. The van der Waals surface area contributed by atoms with Crippen molar-refractivity contribution in [2.45, 2.75) is 32.6 Å². The number of anilines is 2. The van der Waals surface area contributed by atoms with Gasteiger partial charge in [0.2, 0.25) is 0 Å². The van der Waals surface area contributed by atoms with Crippen LogP contribution in [0.3, 0.4) is 0 Å². The van der Waals surface area contributed by atoms with Gasteiger partial charge in [-0.3, -0.25) is 0 Å². The summed E-state index contributed by atoms with van der Waals surface area (Å²) in [7, 11) is 0. The zero-order valence-electron chi connectivity index (χ0n) is 9.72. The molecule has 1 fully saturated rings. The summed E-state index contributed by atoms with van der Waals surface area (Å²) in [4.78, 5) is 0. The van der Waals surface area contributed by atoms with Crippen LogP contribution < -0.4 is 11.1 Å². The molecule has 0 unspecified atom stereocenters. The summed E-state index contributed by atoms with van der Waals surface area (Å²) < 4.78 is 1.06. The van der Waals surface area contributed by atoms with E-state index in [1.54, 1.807) is 0 Å². The fourth-order valence-corrected chi connectivity index (χ4v) is 2.80. The molecule has 0 bridgehead atoms. The number of halogens is 1. The zero-order chi connectivity index (χ0) is 11.5. The highest BCUT2D eigenvalue weighted by Crippen LogP contribution is 2.30. The second-order valence-corrected chi connectivity index (χ2v) is 5.57. The SMILES string of the molecule is Cc1cc(NCC2CCCC2)c(Br)cc1N. The fraction of sp³-hybridized carbons (Fsp3) is 0.538. The number of hydrogen-bond acceptors (Lipinski definition) is 2. The van der Waals surface area contributed by atoms with E-state index < -0.39 is 0 Å². The van der Waals surface area contributed by atoms with E-state index in [2.05, 4.69) is 27.3 Å². The first-order chi connectivity index (χ1) is 7.66. The van der Waals surface area contributed by atoms with Crippen molar-refractivity contribution in [2.75, 3.05) is 17.6 Å². The number of aryl methyl sites for hydroxylation is 1. The van der Waals surface area contributed by atoms with Gasteiger partial charge in [0.05, 0.1) is 0 Å². The van der Waals surface area contributed by atoms with Crippen LogP contribution in [0.1, 0.15) is 31.2 Å². The summed E-state index contributed by atoms with van der Waals surface area (Å²) in [6, 6.07) is 4.10. The molecule has 0 atom stereocenters. The van der Waals surface area contributed by atoms with Crippen molar-refractivity contribution < 1.29 is 0 Å². The second kappa shape index (κ2) is 5.09. The molecule has 3 N–H and O–H groups in total. The van der Waals surface area contributed by atoms with Crippen LogP contribution in [0, 0.1) is 12.8 Å². The van der Waals surface area contributed by atoms with Crippen LogP contribution in [0.5, 0.6) is 0 Å². The normalized spacial score (nSPS) is 16.6. The van der Waals surface area contributed by atoms with Crippen molar-refractivity contribution in [1.82, 2.24) is 0 Å². The van der Waals surface area contributed by atoms with Crippen molar-refractivity contribution >= 4 is 27.3 Å². The van der Waals surface area contributed by atoms with Crippen molar-refractivity contribution in [1.29, 1.82) is 0 Å². The molecule has 1 aromatic rings. The Hall–Kier alpha value is -0.700. The molecule has 0 saturated heterocycles. The molecular weight excluding hydrogens is 264 g/mol. The van der Waals surface area contributed by atoms with Crippen LogP contribution in [-0.2, 0) is 0 Å². The number of benzene rings is 1. The molecule has 1 aliphatic carbocycles. The van der Waals surface area contributed by atoms with E-state index in [0.29, 0.717) is 0 Å². The maximum atomic E-state index is 5.85. The lowest BCUT2D eigenvalue weighted by Crippen LogP contribution is -2.11. The predicted molar refractivity (Wildman–Crippen MR) is 73.7 cm³/mol. The molecule has 16 heavy (non-hydrogen) atoms. The lowest BCUT2D eigenvalue weighted by atomic mass is 10.1. The first-order valence-corrected chi connectivity index (χ1v) is 6.75. The monoisotopic (exact) mass is 282 g/mol. The first-order valence-electron chi connectivity index (χ1n) is 5.96. The topological polar surface area (TPSA) is 38.0 Å². The molecule has 88 valence electrons. The second-order valence-electron chi connectivity index (χ2n) is 4.72. The van der Waals surface area contributed by atoms with Crippen LogP contribution in [0.25, 0.3) is 0 Å². The Morgan fingerprint density at radius 2 is 2.06 bits per heavy atom. The van der Waals surface area contributed by atoms with Gasteiger partial charge in [-0.05, 0) is 59.3 Å². The molecule has 2 rings (SSSR count). The minimum atomic E-state index is 0.846. The van der Waals surface area contributed by atoms with E-state index >= 15 is 0 Å². The third-order valence-corrected chi connectivity index (χ3v) is 4.07. The molecule has 1 saturated carbocycles. The molecule has 1 aliphatic rings. The van der Waals surface area contributed by atoms with Crippen molar-refractivity contribution in [3.8, 4) is 0 Å². The first kappa shape index (κ1) is 11.8. The minimum absolute atomic E-state index is 0.846. The summed E-state index contributed by atoms with van der Waals surface area (Å²) in [6.45, 7) is 3.13. The summed E-state index contributed by atoms with van der Waals surface area (Å²) in [5.74, 6) is 0.852. The quantitative estimate of drug-likeness (QED) is 0.824. The molecule has 0 aromatic heterocycles. The van der Waals surface area contributed by atoms with Crippen LogP contribution >= 0.6 is 15.9 Å². The predicted octanol–water partition coefficient (Wildman–Crippen LogP) is 3.94. The van der Waals surface area contributed by atoms with Gasteiger partial charge in [0.25, 0.3) is 0 Å². The molecule has 0 radical (unpaired) electrons. The number of rotatable bonds is 3. The van der Waals surface area contributed by atoms with Gasteiger partial charge in [-0.15, -0.1) is 0 Å². The Labute approximate surface area is 106 Å². The Balaban J connectivity index is 2.00. The fourth-order valence-electron chi connectivity index (χ4n) is 2.30. The van der Waals surface area contributed by atoms with E-state index in [1.807, 2.05) is 13.0 Å². The number of nitrogens with two attached hydrogens (primary N) is 1. The molecule has 2 nitrogen and oxygen atoms in total. The summed E-state index contributed by atoms with van der Waals surface area (Å²) in [6.07, 6.45) is 5.54. The highest BCUT2D eigenvalue weighted by atomic mass is 79.9. The molecule has 0 aliphatic heterocycles. The molecule has 0 amide bonds. The Morgan fingerprint density at radius 3 is 2.75 bits per heavy atom. The largest absolute Gasteiger partial charge is 0.398 e. The maximum Gasteiger partial charge on any atom is 0.0488 e. The molecule has 3 heteroatoms. The van der Waals surface area contributed by atoms with Crippen LogP contribution in [0.2, 0.25) is 0 Å². The summed E-state index contributed by atoms with van der Waals surface area (Å²) in [5.41, 5.74) is 9.00. The molecule has 0 spiro atoms. The van der Waals surface area contributed by atoms with E-state index in [-0.39, 0.29) is 0 Å². The third kappa shape index (κ3) is 2.70. The van der Waals surface area contributed by atoms with Gasteiger partial charge in [-0.25, -0.2) is 0 Å². The molecule has 0 heterocycles. The minimum Gasteiger partial charge on any atom is -0.398 e. The van der Waals surface area contributed by atoms with Gasteiger partial charge in [-0.1, -0.05) is 12.8 Å². The zero-order valence-corrected chi connectivity index (χ0v) is 11.3. The maximum absolute atomic E-state index is 5.85. The van der Waals surface area contributed by atoms with Crippen LogP contribution in [0.4, 0.5) is 11.4 Å². The van der Waals surface area contributed by atoms with Crippen molar-refractivity contribution in [3.63, 3.8) is 0 Å². The van der Waals surface area contributed by atoms with Crippen LogP contribution in [-0.4, -0.2) is 6.54 Å². The molecular formula is C13H19BrN2. The smallest absolute Gasteiger partial charge is 0.0488 e. The number of nitrogens with one attached hydrogen (secondary N) is 1. The van der Waals surface area contributed by atoms with Gasteiger partial charge in [0, 0.05) is 22.4 Å². The highest BCUT2D eigenvalue weighted by Gasteiger charge is 2.15. The number of hydrogen-bond donors (Lipinski definition) is 2. The Kier molecular flexibility index (Phi) is 3.74. The van der Waals surface area contributed by atoms with E-state index in [9.17, 15) is 0 Å². The van der Waals surface area contributed by atoms with Gasteiger partial charge in [-0.2, -0.15) is 0 Å². The number of nitrogen functional groups attached to an aromatic ring is 1. The van der Waals surface area contributed by atoms with Crippen LogP contribution in [0.15, 0.2) is 16.6 Å². The highest BCUT2D eigenvalue weighted by molar-refractivity contribution is 9.10. The van der Waals surface area contributed by atoms with Crippen molar-refractivity contribution in [3.05, 3.63) is 22.2 Å². The average molecular weight is 283 g/mol. The Morgan fingerprint density at radius 1 is 1.38 bits per heavy atom. The lowest BCUT2D eigenvalue weighted by Gasteiger charge is -2.14. The summed E-state index contributed by atoms with van der Waals surface area (Å²) >= 11 is 3.55. The summed E-state index contributed by atoms with van der Waals surface area (Å²) in [5, 5.41) is 3.52. The van der Waals surface area contributed by atoms with E-state index in [0.717, 1.165) is 28.2 Å². The molecule has 1 aromatic carbocycles. The van der Waals surface area contributed by atoms with Gasteiger partial charge in [0.15, 0.2) is 0 Å². The Bertz CT molecular complexity index is 370. The standard InChI is InChI=1S/C13H19BrN2/c1-9-6-13(11(14)7-12(9)15)16-8-10-4-2-3-5-10/h6-7,10,16H,2-5,8,15H2,1H3. The van der Waals surface area contributed by atoms with Gasteiger partial charge in [0.1, 0.15) is 0 Å². The van der Waals surface area contributed by atoms with E-state index in [4.69, 9.17) is 5.73 Å². The third-order valence-electron chi connectivity index (χ3n) is 3.41. The van der Waals surface area contributed by atoms with E-state index in [1.165, 1.54) is 31.4 Å².